The molecule has 0 fully saturated rings. The lowest BCUT2D eigenvalue weighted by molar-refractivity contribution is 0.449. The molecule has 0 radical (unpaired) electrons. The van der Waals surface area contributed by atoms with E-state index in [1.165, 1.54) is 0 Å². The lowest BCUT2D eigenvalue weighted by Gasteiger charge is -2.09. The van der Waals surface area contributed by atoms with Crippen molar-refractivity contribution in [3.63, 3.8) is 0 Å². The van der Waals surface area contributed by atoms with E-state index in [1.807, 2.05) is 0 Å². The van der Waals surface area contributed by atoms with Crippen molar-refractivity contribution in [3.8, 4) is 0 Å². The number of nitrogens with two attached hydrogens (primary N) is 1. The molecule has 4 N–H and O–H groups in total. The third-order valence-electron chi connectivity index (χ3n) is 2.16. The van der Waals surface area contributed by atoms with Crippen LogP contribution in [0.1, 0.15) is 0 Å². The van der Waals surface area contributed by atoms with Crippen LogP contribution in [0.4, 0.5) is 35.0 Å². The Bertz CT molecular complexity index is 619. The number of nitrogens with one attached hydrogen (secondary N) is 2. The standard InChI is InChI=1S/C10H7F4N5/c11-4-1-2-6(8(14)7(4)13)17-9-5(12)3-16-10(18-9)19-15/h1-3H,15H2,(H2,16,17,18,19). The van der Waals surface area contributed by atoms with Gasteiger partial charge >= 0.3 is 0 Å². The SMILES string of the molecule is NNc1ncc(F)c(Nc2ccc(F)c(F)c2F)n1. The van der Waals surface area contributed by atoms with E-state index in [1.54, 1.807) is 0 Å². The molecule has 0 saturated heterocycles. The van der Waals surface area contributed by atoms with Crippen LogP contribution in [0.15, 0.2) is 18.3 Å². The molecule has 0 spiro atoms. The Morgan fingerprint density at radius 1 is 1.00 bits per heavy atom. The second-order valence-corrected chi connectivity index (χ2v) is 3.38. The maximum atomic E-state index is 13.4. The second kappa shape index (κ2) is 5.06. The molecule has 2 aromatic rings. The molecule has 0 bridgehead atoms. The van der Waals surface area contributed by atoms with E-state index in [9.17, 15) is 17.6 Å². The molecule has 0 atom stereocenters. The maximum absolute atomic E-state index is 13.4. The van der Waals surface area contributed by atoms with Gasteiger partial charge in [-0.05, 0) is 12.1 Å². The molecule has 5 nitrogen and oxygen atoms in total. The highest BCUT2D eigenvalue weighted by Crippen LogP contribution is 2.24. The minimum absolute atomic E-state index is 0.133. The molecule has 0 aliphatic heterocycles. The fourth-order valence-electron chi connectivity index (χ4n) is 1.27. The van der Waals surface area contributed by atoms with Crippen molar-refractivity contribution in [2.24, 2.45) is 5.84 Å². The summed E-state index contributed by atoms with van der Waals surface area (Å²) in [4.78, 5) is 7.03. The predicted octanol–water partition coefficient (Wildman–Crippen LogP) is 2.06. The highest BCUT2D eigenvalue weighted by Gasteiger charge is 2.15. The first-order chi connectivity index (χ1) is 9.02. The lowest BCUT2D eigenvalue weighted by Crippen LogP contribution is -2.12. The van der Waals surface area contributed by atoms with Crippen molar-refractivity contribution in [2.45, 2.75) is 0 Å². The van der Waals surface area contributed by atoms with Crippen LogP contribution >= 0.6 is 0 Å². The average molecular weight is 273 g/mol. The van der Waals surface area contributed by atoms with Crippen LogP contribution in [-0.4, -0.2) is 9.97 Å². The molecule has 9 heteroatoms. The Labute approximate surface area is 104 Å². The first kappa shape index (κ1) is 13.0. The van der Waals surface area contributed by atoms with Gasteiger partial charge in [-0.3, -0.25) is 5.43 Å². The summed E-state index contributed by atoms with van der Waals surface area (Å²) in [6, 6.07) is 1.60. The highest BCUT2D eigenvalue weighted by molar-refractivity contribution is 5.58. The Morgan fingerprint density at radius 2 is 1.74 bits per heavy atom. The number of hydrogen-bond donors (Lipinski definition) is 3. The Morgan fingerprint density at radius 3 is 2.42 bits per heavy atom. The van der Waals surface area contributed by atoms with Crippen molar-refractivity contribution >= 4 is 17.5 Å². The van der Waals surface area contributed by atoms with E-state index in [-0.39, 0.29) is 5.95 Å². The number of aromatic nitrogens is 2. The summed E-state index contributed by atoms with van der Waals surface area (Å²) in [5, 5.41) is 2.18. The van der Waals surface area contributed by atoms with Gasteiger partial charge < -0.3 is 5.32 Å². The Hall–Kier alpha value is -2.42. The molecule has 2 rings (SSSR count). The van der Waals surface area contributed by atoms with E-state index < -0.39 is 34.8 Å². The summed E-state index contributed by atoms with van der Waals surface area (Å²) in [5.74, 6) is -0.963. The number of rotatable bonds is 3. The Kier molecular flexibility index (Phi) is 3.47. The second-order valence-electron chi connectivity index (χ2n) is 3.38. The fraction of sp³-hybridized carbons (Fsp3) is 0. The number of hydrogen-bond acceptors (Lipinski definition) is 5. The van der Waals surface area contributed by atoms with E-state index in [2.05, 4.69) is 20.7 Å². The summed E-state index contributed by atoms with van der Waals surface area (Å²) < 4.78 is 52.5. The van der Waals surface area contributed by atoms with Crippen LogP contribution in [0, 0.1) is 23.3 Å². The summed E-state index contributed by atoms with van der Waals surface area (Å²) >= 11 is 0. The van der Waals surface area contributed by atoms with Crippen molar-refractivity contribution in [1.29, 1.82) is 0 Å². The molecule has 1 aromatic carbocycles. The molecule has 0 saturated carbocycles. The minimum Gasteiger partial charge on any atom is -0.335 e. The van der Waals surface area contributed by atoms with Crippen molar-refractivity contribution in [2.75, 3.05) is 10.7 Å². The predicted molar refractivity (Wildman–Crippen MR) is 59.4 cm³/mol. The van der Waals surface area contributed by atoms with Crippen LogP contribution in [0.3, 0.4) is 0 Å². The summed E-state index contributed by atoms with van der Waals surface area (Å²) in [6.07, 6.45) is 0.780. The largest absolute Gasteiger partial charge is 0.335 e. The van der Waals surface area contributed by atoms with Gasteiger partial charge in [0.15, 0.2) is 29.1 Å². The molecule has 1 heterocycles. The third kappa shape index (κ3) is 2.55. The number of halogens is 4. The van der Waals surface area contributed by atoms with Gasteiger partial charge in [0.25, 0.3) is 0 Å². The molecule has 0 aliphatic rings. The zero-order valence-corrected chi connectivity index (χ0v) is 9.22. The molecule has 100 valence electrons. The van der Waals surface area contributed by atoms with Gasteiger partial charge in [-0.1, -0.05) is 0 Å². The van der Waals surface area contributed by atoms with Crippen molar-refractivity contribution < 1.29 is 17.6 Å². The van der Waals surface area contributed by atoms with Crippen LogP contribution in [0.5, 0.6) is 0 Å². The number of hydrazine groups is 1. The molecule has 1 aromatic heterocycles. The highest BCUT2D eigenvalue weighted by atomic mass is 19.2. The van der Waals surface area contributed by atoms with Gasteiger partial charge in [0.2, 0.25) is 5.95 Å². The first-order valence-electron chi connectivity index (χ1n) is 4.92. The zero-order chi connectivity index (χ0) is 14.0. The first-order valence-corrected chi connectivity index (χ1v) is 4.92. The number of nitrogen functional groups attached to an aromatic ring is 1. The van der Waals surface area contributed by atoms with Crippen LogP contribution in [-0.2, 0) is 0 Å². The summed E-state index contributed by atoms with van der Waals surface area (Å²) in [6.45, 7) is 0. The molecule has 0 aliphatic carbocycles. The van der Waals surface area contributed by atoms with Gasteiger partial charge in [0.05, 0.1) is 11.9 Å². The number of anilines is 3. The minimum atomic E-state index is -1.67. The van der Waals surface area contributed by atoms with E-state index in [4.69, 9.17) is 5.84 Å². The zero-order valence-electron chi connectivity index (χ0n) is 9.22. The van der Waals surface area contributed by atoms with Gasteiger partial charge in [-0.2, -0.15) is 4.98 Å². The van der Waals surface area contributed by atoms with E-state index in [0.717, 1.165) is 12.3 Å². The van der Waals surface area contributed by atoms with Crippen molar-refractivity contribution in [3.05, 3.63) is 41.6 Å². The Balaban J connectivity index is 2.39. The van der Waals surface area contributed by atoms with Gasteiger partial charge in [-0.15, -0.1) is 0 Å². The average Bonchev–Trinajstić information content (AvgIpc) is 2.41. The van der Waals surface area contributed by atoms with Gasteiger partial charge in [0, 0.05) is 0 Å². The normalized spacial score (nSPS) is 10.4. The monoisotopic (exact) mass is 273 g/mol. The quantitative estimate of drug-likeness (QED) is 0.345. The molecular weight excluding hydrogens is 266 g/mol. The fourth-order valence-corrected chi connectivity index (χ4v) is 1.27. The third-order valence-corrected chi connectivity index (χ3v) is 2.16. The van der Waals surface area contributed by atoms with Crippen LogP contribution in [0.25, 0.3) is 0 Å². The van der Waals surface area contributed by atoms with Crippen molar-refractivity contribution in [1.82, 2.24) is 9.97 Å². The number of benzene rings is 1. The topological polar surface area (TPSA) is 75.9 Å². The summed E-state index contributed by atoms with van der Waals surface area (Å²) in [7, 11) is 0. The van der Waals surface area contributed by atoms with Gasteiger partial charge in [0.1, 0.15) is 0 Å². The van der Waals surface area contributed by atoms with E-state index in [0.29, 0.717) is 6.07 Å². The molecule has 0 unspecified atom stereocenters. The lowest BCUT2D eigenvalue weighted by atomic mass is 10.3. The van der Waals surface area contributed by atoms with Crippen LogP contribution in [0.2, 0.25) is 0 Å². The van der Waals surface area contributed by atoms with Crippen LogP contribution < -0.4 is 16.6 Å². The van der Waals surface area contributed by atoms with Gasteiger partial charge in [-0.25, -0.2) is 28.4 Å². The molecule has 0 amide bonds. The summed E-state index contributed by atoms with van der Waals surface area (Å²) in [5.41, 5.74) is 1.59. The maximum Gasteiger partial charge on any atom is 0.239 e. The molecular formula is C10H7F4N5. The molecule has 19 heavy (non-hydrogen) atoms. The smallest absolute Gasteiger partial charge is 0.239 e. The number of nitrogens with zero attached hydrogens (tertiary/aromatic N) is 2. The van der Waals surface area contributed by atoms with E-state index >= 15 is 0 Å².